The highest BCUT2D eigenvalue weighted by molar-refractivity contribution is 7.86. The molecule has 0 amide bonds. The summed E-state index contributed by atoms with van der Waals surface area (Å²) in [6.07, 6.45) is 23.8. The number of hydroxylamine groups is 1. The lowest BCUT2D eigenvalue weighted by atomic mass is 9.68. The summed E-state index contributed by atoms with van der Waals surface area (Å²) >= 11 is 0. The van der Waals surface area contributed by atoms with E-state index < -0.39 is 20.2 Å². The van der Waals surface area contributed by atoms with Crippen LogP contribution in [0.5, 0.6) is 0 Å². The van der Waals surface area contributed by atoms with Crippen LogP contribution in [-0.2, 0) is 24.5 Å². The van der Waals surface area contributed by atoms with Crippen molar-refractivity contribution in [2.45, 2.75) is 71.4 Å². The van der Waals surface area contributed by atoms with Crippen molar-refractivity contribution in [3.05, 3.63) is 131 Å². The molecule has 0 bridgehead atoms. The molecule has 11 heteroatoms. The van der Waals surface area contributed by atoms with E-state index >= 15 is 0 Å². The van der Waals surface area contributed by atoms with Gasteiger partial charge < -0.3 is 9.45 Å². The van der Waals surface area contributed by atoms with E-state index in [0.29, 0.717) is 26.1 Å². The van der Waals surface area contributed by atoms with Gasteiger partial charge >= 0.3 is 0 Å². The van der Waals surface area contributed by atoms with Crippen LogP contribution in [0.1, 0.15) is 81.5 Å². The summed E-state index contributed by atoms with van der Waals surface area (Å²) in [6.45, 7) is 12.3. The first-order chi connectivity index (χ1) is 25.7. The average Bonchev–Trinajstić information content (AvgIpc) is 3.48. The molecule has 2 aromatic carbocycles. The molecule has 4 unspecified atom stereocenters. The summed E-state index contributed by atoms with van der Waals surface area (Å²) in [7, 11) is -7.99. The third-order valence-corrected chi connectivity index (χ3v) is 13.3. The van der Waals surface area contributed by atoms with Crippen LogP contribution in [0, 0.1) is 10.8 Å². The lowest BCUT2D eigenvalue weighted by Crippen LogP contribution is -2.33. The molecule has 2 heterocycles. The number of rotatable bonds is 15. The summed E-state index contributed by atoms with van der Waals surface area (Å²) in [4.78, 5) is 2.35. The van der Waals surface area contributed by atoms with Gasteiger partial charge in [0.1, 0.15) is 6.54 Å². The Labute approximate surface area is 322 Å². The van der Waals surface area contributed by atoms with E-state index in [4.69, 9.17) is 4.28 Å². The van der Waals surface area contributed by atoms with Crippen molar-refractivity contribution in [2.75, 3.05) is 31.1 Å². The Bertz CT molecular complexity index is 2160. The first-order valence-corrected chi connectivity index (χ1v) is 22.1. The van der Waals surface area contributed by atoms with Crippen molar-refractivity contribution < 1.29 is 30.2 Å². The van der Waals surface area contributed by atoms with E-state index in [9.17, 15) is 21.4 Å². The standard InChI is InChI=1S/C43H53N3O6S2/c1-6-44-52-54(50,51)31-17-29-46-37-27-25-33-19-13-15-21-35(33)41(37)43(4,5)39(46)23-11-9-7-8-10-22-38-42(2,3)40-34-20-14-12-18-32(34)24-26-36(40)45(38)28-16-30-53(47,48)49/h7-15,18-27,36-37,40-41,44H,6,16-17,28-31H2,1-5H3. The van der Waals surface area contributed by atoms with Crippen LogP contribution in [-0.4, -0.2) is 79.8 Å². The van der Waals surface area contributed by atoms with Crippen LogP contribution in [0.4, 0.5) is 0 Å². The van der Waals surface area contributed by atoms with Gasteiger partial charge in [-0.05, 0) is 54.7 Å². The SMILES string of the molecule is CCNOS(=O)(=O)CCCN1/C(=C/C=C/C=C/C=C/C2=[N+](CCCS(=O)(=O)[O-])C3C=Cc4ccccc4C3C2(C)C)C(C)(C)C2c3ccccc3C=CC21. The fraction of sp³-hybridized carbons (Fsp3) is 0.419. The second kappa shape index (κ2) is 16.1. The summed E-state index contributed by atoms with van der Waals surface area (Å²) < 4.78 is 66.5. The van der Waals surface area contributed by atoms with Gasteiger partial charge in [-0.25, -0.2) is 13.0 Å². The molecule has 0 spiro atoms. The van der Waals surface area contributed by atoms with E-state index in [2.05, 4.69) is 122 Å². The highest BCUT2D eigenvalue weighted by Gasteiger charge is 2.55. The Kier molecular flexibility index (Phi) is 11.9. The molecule has 0 saturated carbocycles. The van der Waals surface area contributed by atoms with E-state index in [-0.39, 0.29) is 52.7 Å². The summed E-state index contributed by atoms with van der Waals surface area (Å²) in [5, 5.41) is 0. The van der Waals surface area contributed by atoms with Gasteiger partial charge in [-0.2, -0.15) is 18.2 Å². The van der Waals surface area contributed by atoms with Crippen molar-refractivity contribution in [3.8, 4) is 0 Å². The number of allylic oxidation sites excluding steroid dienone is 8. The van der Waals surface area contributed by atoms with Crippen LogP contribution in [0.3, 0.4) is 0 Å². The first-order valence-electron chi connectivity index (χ1n) is 18.9. The molecule has 1 fully saturated rings. The van der Waals surface area contributed by atoms with Crippen LogP contribution < -0.4 is 5.48 Å². The minimum absolute atomic E-state index is 0.0586. The smallest absolute Gasteiger partial charge is 0.283 e. The van der Waals surface area contributed by atoms with E-state index in [1.54, 1.807) is 6.92 Å². The van der Waals surface area contributed by atoms with Crippen molar-refractivity contribution in [1.29, 1.82) is 0 Å². The quantitative estimate of drug-likeness (QED) is 0.0897. The Morgan fingerprint density at radius 2 is 1.44 bits per heavy atom. The Morgan fingerprint density at radius 3 is 2.13 bits per heavy atom. The van der Waals surface area contributed by atoms with Crippen LogP contribution >= 0.6 is 0 Å². The first kappa shape index (κ1) is 39.8. The van der Waals surface area contributed by atoms with Gasteiger partial charge in [0, 0.05) is 48.4 Å². The summed E-state index contributed by atoms with van der Waals surface area (Å²) in [6, 6.07) is 17.1. The molecule has 0 aromatic heterocycles. The molecule has 1 N–H and O–H groups in total. The van der Waals surface area contributed by atoms with Gasteiger partial charge in [-0.15, -0.1) is 0 Å². The van der Waals surface area contributed by atoms with Gasteiger partial charge in [0.15, 0.2) is 11.8 Å². The van der Waals surface area contributed by atoms with Crippen LogP contribution in [0.2, 0.25) is 0 Å². The number of likely N-dealkylation sites (tertiary alicyclic amines) is 1. The van der Waals surface area contributed by atoms with Gasteiger partial charge in [-0.3, -0.25) is 0 Å². The zero-order chi connectivity index (χ0) is 38.7. The van der Waals surface area contributed by atoms with E-state index in [0.717, 1.165) is 11.4 Å². The third-order valence-electron chi connectivity index (χ3n) is 11.4. The molecule has 2 aliphatic heterocycles. The minimum atomic E-state index is -4.30. The number of hydrogen-bond donors (Lipinski definition) is 1. The molecule has 1 saturated heterocycles. The van der Waals surface area contributed by atoms with Gasteiger partial charge in [-0.1, -0.05) is 118 Å². The topological polar surface area (TPSA) is 119 Å². The van der Waals surface area contributed by atoms with Crippen molar-refractivity contribution in [3.63, 3.8) is 0 Å². The normalized spacial score (nSPS) is 24.9. The molecule has 288 valence electrons. The van der Waals surface area contributed by atoms with Crippen molar-refractivity contribution in [1.82, 2.24) is 10.4 Å². The number of nitrogens with one attached hydrogen (secondary N) is 1. The fourth-order valence-corrected chi connectivity index (χ4v) is 10.5. The molecular formula is C43H53N3O6S2. The molecule has 2 aliphatic carbocycles. The zero-order valence-corrected chi connectivity index (χ0v) is 33.5. The van der Waals surface area contributed by atoms with Gasteiger partial charge in [0.25, 0.3) is 10.1 Å². The average molecular weight is 772 g/mol. The molecule has 54 heavy (non-hydrogen) atoms. The number of benzene rings is 2. The second-order valence-electron chi connectivity index (χ2n) is 15.6. The highest BCUT2D eigenvalue weighted by atomic mass is 32.2. The largest absolute Gasteiger partial charge is 0.748 e. The predicted molar refractivity (Wildman–Crippen MR) is 216 cm³/mol. The Hall–Kier alpha value is -3.87. The zero-order valence-electron chi connectivity index (χ0n) is 31.9. The maximum atomic E-state index is 12.5. The van der Waals surface area contributed by atoms with Gasteiger partial charge in [0.2, 0.25) is 0 Å². The molecule has 9 nitrogen and oxygen atoms in total. The summed E-state index contributed by atoms with van der Waals surface area (Å²) in [5.41, 5.74) is 9.25. The lowest BCUT2D eigenvalue weighted by molar-refractivity contribution is -0.548. The third kappa shape index (κ3) is 8.35. The van der Waals surface area contributed by atoms with Crippen molar-refractivity contribution in [2.24, 2.45) is 10.8 Å². The molecule has 2 aromatic rings. The molecule has 4 atom stereocenters. The Morgan fingerprint density at radius 1 is 0.815 bits per heavy atom. The fourth-order valence-electron chi connectivity index (χ4n) is 9.13. The van der Waals surface area contributed by atoms with Crippen LogP contribution in [0.15, 0.2) is 109 Å². The van der Waals surface area contributed by atoms with E-state index in [1.165, 1.54) is 22.3 Å². The lowest BCUT2D eigenvalue weighted by Gasteiger charge is -2.32. The molecular weight excluding hydrogens is 719 g/mol. The predicted octanol–water partition coefficient (Wildman–Crippen LogP) is 6.93. The van der Waals surface area contributed by atoms with Crippen molar-refractivity contribution >= 4 is 38.1 Å². The maximum absolute atomic E-state index is 12.5. The number of hydrogen-bond acceptors (Lipinski definition) is 8. The Balaban J connectivity index is 1.23. The van der Waals surface area contributed by atoms with Crippen LogP contribution in [0.25, 0.3) is 12.2 Å². The summed E-state index contributed by atoms with van der Waals surface area (Å²) in [5.74, 6) is -0.0781. The van der Waals surface area contributed by atoms with Gasteiger partial charge in [0.05, 0.1) is 33.2 Å². The molecule has 0 radical (unpaired) electrons. The second-order valence-corrected chi connectivity index (χ2v) is 18.8. The highest BCUT2D eigenvalue weighted by Crippen LogP contribution is 2.56. The molecule has 4 aliphatic rings. The number of fused-ring (bicyclic) bond motifs is 6. The molecule has 6 rings (SSSR count). The number of nitrogens with zero attached hydrogens (tertiary/aromatic N) is 2. The maximum Gasteiger partial charge on any atom is 0.283 e. The van der Waals surface area contributed by atoms with E-state index in [1.807, 2.05) is 36.4 Å². The monoisotopic (exact) mass is 771 g/mol. The minimum Gasteiger partial charge on any atom is -0.748 e.